The number of aromatic amines is 1. The van der Waals surface area contributed by atoms with E-state index in [1.165, 1.54) is 6.92 Å². The van der Waals surface area contributed by atoms with Gasteiger partial charge in [0, 0.05) is 18.4 Å². The maximum atomic E-state index is 11.8. The molecular formula is C17H16N2O6. The maximum absolute atomic E-state index is 11.8. The second kappa shape index (κ2) is 7.16. The molecule has 25 heavy (non-hydrogen) atoms. The third-order valence-corrected chi connectivity index (χ3v) is 3.50. The fourth-order valence-electron chi connectivity index (χ4n) is 2.33. The van der Waals surface area contributed by atoms with Crippen molar-refractivity contribution in [2.45, 2.75) is 19.8 Å². The van der Waals surface area contributed by atoms with Gasteiger partial charge >= 0.3 is 11.7 Å². The number of esters is 1. The van der Waals surface area contributed by atoms with Gasteiger partial charge in [-0.05, 0) is 31.0 Å². The molecule has 2 aliphatic rings. The lowest BCUT2D eigenvalue weighted by Crippen LogP contribution is -2.24. The van der Waals surface area contributed by atoms with Crippen molar-refractivity contribution >= 4 is 16.9 Å². The third kappa shape index (κ3) is 4.03. The largest absolute Gasteiger partial charge is 0.493 e. The second-order valence-corrected chi connectivity index (χ2v) is 5.43. The molecule has 8 heteroatoms. The molecule has 0 bridgehead atoms. The molecule has 1 N–H and O–H groups in total. The van der Waals surface area contributed by atoms with Crippen LogP contribution in [0.1, 0.15) is 19.8 Å². The minimum Gasteiger partial charge on any atom is -0.493 e. The van der Waals surface area contributed by atoms with Crippen molar-refractivity contribution in [1.29, 1.82) is 0 Å². The molecule has 0 radical (unpaired) electrons. The SMILES string of the molecule is CC(=O)OCCCCOc1ccc2cc3c(=O)[nH]c(=O)nc-3oc2c1. The van der Waals surface area contributed by atoms with Crippen LogP contribution in [0.25, 0.3) is 22.4 Å². The van der Waals surface area contributed by atoms with Gasteiger partial charge < -0.3 is 13.9 Å². The molecule has 0 amide bonds. The van der Waals surface area contributed by atoms with Crippen molar-refractivity contribution in [2.75, 3.05) is 13.2 Å². The number of nitrogens with zero attached hydrogens (tertiary/aromatic N) is 1. The highest BCUT2D eigenvalue weighted by molar-refractivity contribution is 5.82. The molecule has 2 heterocycles. The van der Waals surface area contributed by atoms with Crippen LogP contribution in [0.2, 0.25) is 0 Å². The molecule has 0 fully saturated rings. The summed E-state index contributed by atoms with van der Waals surface area (Å²) in [6.07, 6.45) is 1.44. The number of aromatic nitrogens is 2. The van der Waals surface area contributed by atoms with Gasteiger partial charge in [0.1, 0.15) is 16.9 Å². The number of unbranched alkanes of at least 4 members (excludes halogenated alkanes) is 1. The first-order valence-corrected chi connectivity index (χ1v) is 7.77. The molecule has 0 atom stereocenters. The van der Waals surface area contributed by atoms with E-state index in [0.717, 1.165) is 6.42 Å². The molecule has 0 spiro atoms. The Morgan fingerprint density at radius 1 is 1.20 bits per heavy atom. The normalized spacial score (nSPS) is 10.9. The number of carbonyl (C=O) groups excluding carboxylic acids is 1. The van der Waals surface area contributed by atoms with Crippen LogP contribution in [0.5, 0.6) is 5.75 Å². The summed E-state index contributed by atoms with van der Waals surface area (Å²) in [6, 6.07) is 6.81. The van der Waals surface area contributed by atoms with Crippen molar-refractivity contribution in [3.05, 3.63) is 45.1 Å². The predicted molar refractivity (Wildman–Crippen MR) is 88.9 cm³/mol. The molecule has 0 aliphatic carbocycles. The molecule has 2 aliphatic heterocycles. The summed E-state index contributed by atoms with van der Waals surface area (Å²) in [5, 5.41) is 0.695. The Bertz CT molecular complexity index is 990. The van der Waals surface area contributed by atoms with Gasteiger partial charge in [-0.15, -0.1) is 0 Å². The first-order chi connectivity index (χ1) is 12.0. The Balaban J connectivity index is 1.73. The topological polar surface area (TPSA) is 111 Å². The molecule has 8 nitrogen and oxygen atoms in total. The average molecular weight is 344 g/mol. The van der Waals surface area contributed by atoms with E-state index in [1.54, 1.807) is 24.3 Å². The number of fused-ring (bicyclic) bond motifs is 2. The van der Waals surface area contributed by atoms with Gasteiger partial charge in [0.15, 0.2) is 0 Å². The van der Waals surface area contributed by atoms with E-state index >= 15 is 0 Å². The highest BCUT2D eigenvalue weighted by atomic mass is 16.5. The Morgan fingerprint density at radius 3 is 2.80 bits per heavy atom. The van der Waals surface area contributed by atoms with E-state index < -0.39 is 11.2 Å². The summed E-state index contributed by atoms with van der Waals surface area (Å²) >= 11 is 0. The van der Waals surface area contributed by atoms with E-state index in [0.29, 0.717) is 36.4 Å². The summed E-state index contributed by atoms with van der Waals surface area (Å²) in [5.74, 6) is 0.285. The average Bonchev–Trinajstić information content (AvgIpc) is 2.56. The lowest BCUT2D eigenvalue weighted by molar-refractivity contribution is -0.141. The standard InChI is InChI=1S/C17H16N2O6/c1-10(20)23-6-2-3-7-24-12-5-4-11-8-13-15(21)18-17(22)19-16(13)25-14(11)9-12/h4-5,8-9H,2-3,6-7H2,1H3,(H,18,21,22). The van der Waals surface area contributed by atoms with Gasteiger partial charge in [-0.2, -0.15) is 4.98 Å². The number of carbonyl (C=O) groups is 1. The van der Waals surface area contributed by atoms with E-state index in [9.17, 15) is 14.4 Å². The lowest BCUT2D eigenvalue weighted by Gasteiger charge is -2.08. The fourth-order valence-corrected chi connectivity index (χ4v) is 2.33. The van der Waals surface area contributed by atoms with E-state index in [4.69, 9.17) is 13.9 Å². The van der Waals surface area contributed by atoms with Crippen LogP contribution in [0, 0.1) is 0 Å². The van der Waals surface area contributed by atoms with Crippen molar-refractivity contribution in [1.82, 2.24) is 9.97 Å². The van der Waals surface area contributed by atoms with Gasteiger partial charge in [0.2, 0.25) is 5.89 Å². The predicted octanol–water partition coefficient (Wildman–Crippen LogP) is 1.70. The summed E-state index contributed by atoms with van der Waals surface area (Å²) in [6.45, 7) is 2.20. The Morgan fingerprint density at radius 2 is 2.00 bits per heavy atom. The zero-order valence-corrected chi connectivity index (χ0v) is 13.5. The van der Waals surface area contributed by atoms with E-state index in [-0.39, 0.29) is 17.4 Å². The van der Waals surface area contributed by atoms with Crippen LogP contribution >= 0.6 is 0 Å². The van der Waals surface area contributed by atoms with E-state index in [1.807, 2.05) is 0 Å². The summed E-state index contributed by atoms with van der Waals surface area (Å²) in [7, 11) is 0. The number of hydrogen-bond donors (Lipinski definition) is 1. The summed E-state index contributed by atoms with van der Waals surface area (Å²) in [4.78, 5) is 39.5. The highest BCUT2D eigenvalue weighted by Gasteiger charge is 2.14. The zero-order valence-electron chi connectivity index (χ0n) is 13.5. The molecule has 0 unspecified atom stereocenters. The molecule has 0 saturated carbocycles. The van der Waals surface area contributed by atoms with Crippen molar-refractivity contribution < 1.29 is 18.7 Å². The molecule has 0 aromatic heterocycles. The molecule has 3 rings (SSSR count). The van der Waals surface area contributed by atoms with Crippen molar-refractivity contribution in [3.8, 4) is 17.2 Å². The number of H-pyrrole nitrogens is 1. The van der Waals surface area contributed by atoms with Crippen LogP contribution in [-0.2, 0) is 9.53 Å². The Kier molecular flexibility index (Phi) is 4.78. The molecule has 130 valence electrons. The lowest BCUT2D eigenvalue weighted by atomic mass is 10.1. The third-order valence-electron chi connectivity index (χ3n) is 3.50. The molecule has 1 aromatic rings. The first-order valence-electron chi connectivity index (χ1n) is 7.77. The monoisotopic (exact) mass is 344 g/mol. The van der Waals surface area contributed by atoms with Crippen molar-refractivity contribution in [3.63, 3.8) is 0 Å². The molecule has 1 aromatic carbocycles. The number of nitrogens with one attached hydrogen (secondary N) is 1. The van der Waals surface area contributed by atoms with Crippen LogP contribution in [0.4, 0.5) is 0 Å². The number of hydrogen-bond acceptors (Lipinski definition) is 7. The quantitative estimate of drug-likeness (QED) is 0.411. The van der Waals surface area contributed by atoms with Crippen LogP contribution < -0.4 is 16.0 Å². The van der Waals surface area contributed by atoms with Gasteiger partial charge in [0.05, 0.1) is 13.2 Å². The fraction of sp³-hybridized carbons (Fsp3) is 0.294. The van der Waals surface area contributed by atoms with Gasteiger partial charge in [-0.25, -0.2) is 4.79 Å². The summed E-state index contributed by atoms with van der Waals surface area (Å²) in [5.41, 5.74) is -0.608. The van der Waals surface area contributed by atoms with Crippen LogP contribution in [0.15, 0.2) is 38.3 Å². The highest BCUT2D eigenvalue weighted by Crippen LogP contribution is 2.26. The minimum absolute atomic E-state index is 0.0141. The maximum Gasteiger partial charge on any atom is 0.351 e. The minimum atomic E-state index is -0.749. The Hall–Kier alpha value is -3.16. The summed E-state index contributed by atoms with van der Waals surface area (Å²) < 4.78 is 16.0. The Labute approximate surface area is 141 Å². The smallest absolute Gasteiger partial charge is 0.351 e. The zero-order chi connectivity index (χ0) is 17.8. The van der Waals surface area contributed by atoms with Crippen LogP contribution in [0.3, 0.4) is 0 Å². The molecule has 0 saturated heterocycles. The van der Waals surface area contributed by atoms with Gasteiger partial charge in [-0.3, -0.25) is 14.6 Å². The van der Waals surface area contributed by atoms with Gasteiger partial charge in [0.25, 0.3) is 5.56 Å². The van der Waals surface area contributed by atoms with Crippen LogP contribution in [-0.4, -0.2) is 29.2 Å². The first kappa shape index (κ1) is 16.7. The van der Waals surface area contributed by atoms with E-state index in [2.05, 4.69) is 9.97 Å². The van der Waals surface area contributed by atoms with Crippen molar-refractivity contribution in [2.24, 2.45) is 0 Å². The molecular weight excluding hydrogens is 328 g/mol. The number of rotatable bonds is 6. The van der Waals surface area contributed by atoms with Gasteiger partial charge in [-0.1, -0.05) is 0 Å². The number of ether oxygens (including phenoxy) is 2. The number of benzene rings is 1. The second-order valence-electron chi connectivity index (χ2n) is 5.43.